The molecule has 4 aliphatic carbocycles. The van der Waals surface area contributed by atoms with Crippen LogP contribution in [-0.2, 0) is 14.3 Å². The van der Waals surface area contributed by atoms with Gasteiger partial charge in [0, 0.05) is 21.5 Å². The van der Waals surface area contributed by atoms with Crippen molar-refractivity contribution in [2.45, 2.75) is 35.1 Å². The molecule has 5 rings (SSSR count). The Labute approximate surface area is 132 Å². The second-order valence-electron chi connectivity index (χ2n) is 6.99. The predicted molar refractivity (Wildman–Crippen MR) is 74.1 cm³/mol. The van der Waals surface area contributed by atoms with E-state index in [9.17, 15) is 14.0 Å². The zero-order valence-electron chi connectivity index (χ0n) is 10.5. The van der Waals surface area contributed by atoms with Gasteiger partial charge in [-0.2, -0.15) is 0 Å². The van der Waals surface area contributed by atoms with Gasteiger partial charge in [-0.3, -0.25) is 9.59 Å². The van der Waals surface area contributed by atoms with Crippen LogP contribution in [0.15, 0.2) is 0 Å². The average Bonchev–Trinajstić information content (AvgIpc) is 3.11. The van der Waals surface area contributed by atoms with Gasteiger partial charge in [-0.1, -0.05) is 31.9 Å². The van der Waals surface area contributed by atoms with Crippen molar-refractivity contribution in [3.63, 3.8) is 0 Å². The molecule has 1 heterocycles. The molecule has 6 heteroatoms. The highest BCUT2D eigenvalue weighted by Crippen LogP contribution is 2.84. The van der Waals surface area contributed by atoms with E-state index in [1.54, 1.807) is 0 Å². The lowest BCUT2D eigenvalue weighted by Crippen LogP contribution is -2.58. The number of fused-ring (bicyclic) bond motifs is 4. The number of hydrogen-bond donors (Lipinski definition) is 0. The lowest BCUT2D eigenvalue weighted by molar-refractivity contribution is -0.159. The summed E-state index contributed by atoms with van der Waals surface area (Å²) in [4.78, 5) is 25.4. The molecule has 0 N–H and O–H groups in total. The van der Waals surface area contributed by atoms with Crippen molar-refractivity contribution in [1.29, 1.82) is 0 Å². The topological polar surface area (TPSA) is 43.4 Å². The lowest BCUT2D eigenvalue weighted by Gasteiger charge is -2.48. The first-order chi connectivity index (χ1) is 9.48. The van der Waals surface area contributed by atoms with Crippen LogP contribution in [0.4, 0.5) is 4.39 Å². The molecule has 0 aromatic heterocycles. The van der Waals surface area contributed by atoms with Crippen LogP contribution in [0.1, 0.15) is 19.3 Å². The maximum absolute atomic E-state index is 14.8. The standard InChI is InChI=1S/C14H13Br2FO3/c15-8-6-3-7(9(8)16)14-5-2-1-4(10(5)17)13(6,14)11(18)20-12(14)19/h4-10H,1-3H2. The van der Waals surface area contributed by atoms with E-state index in [-0.39, 0.29) is 33.3 Å². The van der Waals surface area contributed by atoms with E-state index in [2.05, 4.69) is 31.9 Å². The number of carbonyl (C=O) groups is 2. The van der Waals surface area contributed by atoms with E-state index in [0.717, 1.165) is 6.42 Å². The molecule has 0 radical (unpaired) electrons. The van der Waals surface area contributed by atoms with Crippen molar-refractivity contribution >= 4 is 43.8 Å². The molecule has 0 aromatic rings. The predicted octanol–water partition coefficient (Wildman–Crippen LogP) is 2.60. The number of esters is 2. The third-order valence-electron chi connectivity index (χ3n) is 7.02. The molecule has 20 heavy (non-hydrogen) atoms. The van der Waals surface area contributed by atoms with Gasteiger partial charge in [-0.25, -0.2) is 4.39 Å². The van der Waals surface area contributed by atoms with E-state index in [1.165, 1.54) is 0 Å². The Kier molecular flexibility index (Phi) is 2.10. The molecule has 5 fully saturated rings. The summed E-state index contributed by atoms with van der Waals surface area (Å²) in [5.41, 5.74) is -1.76. The Hall–Kier alpha value is 0.0300. The van der Waals surface area contributed by atoms with Crippen LogP contribution in [0.3, 0.4) is 0 Å². The molecule has 0 aromatic carbocycles. The van der Waals surface area contributed by atoms with Crippen molar-refractivity contribution in [3.8, 4) is 0 Å². The van der Waals surface area contributed by atoms with Crippen LogP contribution in [0.25, 0.3) is 0 Å². The maximum atomic E-state index is 14.8. The molecule has 0 amide bonds. The number of hydrogen-bond acceptors (Lipinski definition) is 3. The monoisotopic (exact) mass is 406 g/mol. The molecule has 4 bridgehead atoms. The molecular weight excluding hydrogens is 395 g/mol. The van der Waals surface area contributed by atoms with Gasteiger partial charge in [0.2, 0.25) is 0 Å². The number of ether oxygens (including phenoxy) is 1. The van der Waals surface area contributed by atoms with E-state index in [0.29, 0.717) is 12.8 Å². The van der Waals surface area contributed by atoms with E-state index < -0.39 is 28.9 Å². The highest BCUT2D eigenvalue weighted by atomic mass is 79.9. The van der Waals surface area contributed by atoms with Gasteiger partial charge >= 0.3 is 11.9 Å². The summed E-state index contributed by atoms with van der Waals surface area (Å²) >= 11 is 7.35. The minimum Gasteiger partial charge on any atom is -0.392 e. The van der Waals surface area contributed by atoms with Gasteiger partial charge in [-0.15, -0.1) is 0 Å². The van der Waals surface area contributed by atoms with Crippen molar-refractivity contribution < 1.29 is 18.7 Å². The first-order valence-corrected chi connectivity index (χ1v) is 9.01. The maximum Gasteiger partial charge on any atom is 0.321 e. The van der Waals surface area contributed by atoms with Crippen LogP contribution in [0, 0.1) is 34.5 Å². The fourth-order valence-corrected chi connectivity index (χ4v) is 8.74. The minimum atomic E-state index is -1.02. The van der Waals surface area contributed by atoms with Crippen molar-refractivity contribution in [2.75, 3.05) is 0 Å². The molecule has 0 spiro atoms. The smallest absolute Gasteiger partial charge is 0.321 e. The van der Waals surface area contributed by atoms with E-state index in [4.69, 9.17) is 4.74 Å². The first-order valence-electron chi connectivity index (χ1n) is 7.18. The second-order valence-corrected chi connectivity index (χ2v) is 9.10. The quantitative estimate of drug-likeness (QED) is 0.352. The highest BCUT2D eigenvalue weighted by molar-refractivity contribution is 9.12. The Morgan fingerprint density at radius 1 is 0.950 bits per heavy atom. The normalized spacial score (nSPS) is 65.7. The highest BCUT2D eigenvalue weighted by Gasteiger charge is 2.92. The average molecular weight is 408 g/mol. The van der Waals surface area contributed by atoms with E-state index in [1.807, 2.05) is 0 Å². The molecule has 1 aliphatic heterocycles. The third kappa shape index (κ3) is 0.859. The summed E-state index contributed by atoms with van der Waals surface area (Å²) in [5.74, 6) is -1.47. The second kappa shape index (κ2) is 3.34. The summed E-state index contributed by atoms with van der Waals surface area (Å²) in [6.45, 7) is 0. The Balaban J connectivity index is 1.84. The Morgan fingerprint density at radius 2 is 1.40 bits per heavy atom. The summed E-state index contributed by atoms with van der Waals surface area (Å²) in [6.07, 6.45) is 1.24. The zero-order valence-corrected chi connectivity index (χ0v) is 13.7. The Bertz CT molecular complexity index is 523. The number of cyclic esters (lactones) is 2. The zero-order chi connectivity index (χ0) is 14.0. The van der Waals surface area contributed by atoms with Gasteiger partial charge < -0.3 is 4.74 Å². The lowest BCUT2D eigenvalue weighted by atomic mass is 9.51. The fraction of sp³-hybridized carbons (Fsp3) is 0.857. The summed E-state index contributed by atoms with van der Waals surface area (Å²) in [7, 11) is 0. The number of rotatable bonds is 0. The van der Waals surface area contributed by atoms with Gasteiger partial charge in [-0.05, 0) is 31.1 Å². The molecule has 8 atom stereocenters. The van der Waals surface area contributed by atoms with Crippen LogP contribution in [0.2, 0.25) is 0 Å². The Morgan fingerprint density at radius 3 is 1.85 bits per heavy atom. The first kappa shape index (κ1) is 12.6. The van der Waals surface area contributed by atoms with Crippen molar-refractivity contribution in [2.24, 2.45) is 34.5 Å². The van der Waals surface area contributed by atoms with Crippen LogP contribution in [-0.4, -0.2) is 27.8 Å². The van der Waals surface area contributed by atoms with Crippen LogP contribution < -0.4 is 0 Å². The molecule has 108 valence electrons. The van der Waals surface area contributed by atoms with Crippen LogP contribution in [0.5, 0.6) is 0 Å². The fourth-order valence-electron chi connectivity index (χ4n) is 6.74. The van der Waals surface area contributed by atoms with Gasteiger partial charge in [0.25, 0.3) is 0 Å². The number of alkyl halides is 3. The number of carbonyl (C=O) groups excluding carboxylic acids is 2. The molecule has 3 nitrogen and oxygen atoms in total. The van der Waals surface area contributed by atoms with Crippen molar-refractivity contribution in [1.82, 2.24) is 0 Å². The number of halogens is 3. The SMILES string of the molecule is O=C1OC(=O)C23C4CCC(C4F)C12C1CC3C(Br)C1Br. The summed E-state index contributed by atoms with van der Waals surface area (Å²) in [5, 5.41) is 0. The van der Waals surface area contributed by atoms with E-state index >= 15 is 0 Å². The molecule has 8 unspecified atom stereocenters. The van der Waals surface area contributed by atoms with Gasteiger partial charge in [0.15, 0.2) is 0 Å². The summed E-state index contributed by atoms with van der Waals surface area (Å²) in [6, 6.07) is 0. The molecule has 1 saturated heterocycles. The van der Waals surface area contributed by atoms with Gasteiger partial charge in [0.1, 0.15) is 6.17 Å². The third-order valence-corrected chi connectivity index (χ3v) is 10.1. The van der Waals surface area contributed by atoms with Gasteiger partial charge in [0.05, 0.1) is 10.8 Å². The molecular formula is C14H13Br2FO3. The molecule has 4 saturated carbocycles. The van der Waals surface area contributed by atoms with Crippen molar-refractivity contribution in [3.05, 3.63) is 0 Å². The molecule has 5 aliphatic rings. The summed E-state index contributed by atoms with van der Waals surface area (Å²) < 4.78 is 19.9. The largest absolute Gasteiger partial charge is 0.392 e. The van der Waals surface area contributed by atoms with Crippen LogP contribution >= 0.6 is 31.9 Å². The minimum absolute atomic E-state index is 0.0179.